The predicted octanol–water partition coefficient (Wildman–Crippen LogP) is 2.89. The van der Waals surface area contributed by atoms with E-state index in [2.05, 4.69) is 10.4 Å². The Morgan fingerprint density at radius 2 is 1.72 bits per heavy atom. The summed E-state index contributed by atoms with van der Waals surface area (Å²) in [6.45, 7) is 5.35. The number of aromatic nitrogens is 2. The number of carboxylic acid groups (broad SMARTS) is 2. The number of aliphatic carboxylic acids is 2. The third kappa shape index (κ3) is 14.7. The Hall–Kier alpha value is -1.89. The zero-order chi connectivity index (χ0) is 22.4. The number of carbonyl (C=O) groups excluding carboxylic acids is 1. The van der Waals surface area contributed by atoms with Gasteiger partial charge in [0.25, 0.3) is 0 Å². The molecule has 0 radical (unpaired) electrons. The quantitative estimate of drug-likeness (QED) is 0.341. The zero-order valence-corrected chi connectivity index (χ0v) is 17.6. The minimum Gasteiger partial charge on any atom is -0.481 e. The van der Waals surface area contributed by atoms with E-state index in [0.717, 1.165) is 30.1 Å². The molecule has 0 fully saturated rings. The topological polar surface area (TPSA) is 122 Å². The summed E-state index contributed by atoms with van der Waals surface area (Å²) in [4.78, 5) is 30.9. The van der Waals surface area contributed by atoms with Gasteiger partial charge >= 0.3 is 18.1 Å². The lowest BCUT2D eigenvalue weighted by atomic mass is 10.3. The summed E-state index contributed by atoms with van der Waals surface area (Å²) in [5.74, 6) is -2.10. The van der Waals surface area contributed by atoms with Crippen LogP contribution in [-0.4, -0.2) is 62.1 Å². The summed E-state index contributed by atoms with van der Waals surface area (Å²) in [5.41, 5.74) is 2.12. The third-order valence-electron chi connectivity index (χ3n) is 3.11. The van der Waals surface area contributed by atoms with Gasteiger partial charge in [0.15, 0.2) is 0 Å². The van der Waals surface area contributed by atoms with Gasteiger partial charge in [-0.05, 0) is 26.3 Å². The maximum Gasteiger partial charge on any atom is 0.490 e. The Balaban J connectivity index is 0.000000956. The van der Waals surface area contributed by atoms with Crippen LogP contribution >= 0.6 is 21.6 Å². The van der Waals surface area contributed by atoms with Crippen LogP contribution in [0.3, 0.4) is 0 Å². The van der Waals surface area contributed by atoms with Gasteiger partial charge in [-0.3, -0.25) is 14.3 Å². The molecular weight excluding hydrogens is 435 g/mol. The molecule has 1 heterocycles. The van der Waals surface area contributed by atoms with Gasteiger partial charge in [0, 0.05) is 36.7 Å². The number of hydrogen-bond donors (Lipinski definition) is 3. The van der Waals surface area contributed by atoms with Crippen LogP contribution in [0.4, 0.5) is 13.2 Å². The minimum atomic E-state index is -5.08. The number of carbonyl (C=O) groups is 3. The van der Waals surface area contributed by atoms with Crippen LogP contribution in [0, 0.1) is 13.8 Å². The highest BCUT2D eigenvalue weighted by Crippen LogP contribution is 2.20. The predicted molar refractivity (Wildman–Crippen MR) is 105 cm³/mol. The smallest absolute Gasteiger partial charge is 0.481 e. The third-order valence-corrected chi connectivity index (χ3v) is 5.52. The first-order chi connectivity index (χ1) is 13.4. The van der Waals surface area contributed by atoms with Gasteiger partial charge in [0.2, 0.25) is 5.91 Å². The molecule has 1 aromatic rings. The number of halogens is 3. The summed E-state index contributed by atoms with van der Waals surface area (Å²) in [5, 5.41) is 22.8. The van der Waals surface area contributed by atoms with E-state index in [1.165, 1.54) is 10.8 Å². The van der Waals surface area contributed by atoms with Crippen LogP contribution in [0.2, 0.25) is 0 Å². The first kappa shape index (κ1) is 27.1. The van der Waals surface area contributed by atoms with E-state index < -0.39 is 18.1 Å². The van der Waals surface area contributed by atoms with Crippen molar-refractivity contribution in [3.63, 3.8) is 0 Å². The van der Waals surface area contributed by atoms with Crippen molar-refractivity contribution in [1.29, 1.82) is 0 Å². The maximum atomic E-state index is 11.7. The van der Waals surface area contributed by atoms with Crippen LogP contribution < -0.4 is 5.32 Å². The lowest BCUT2D eigenvalue weighted by Gasteiger charge is -2.06. The second-order valence-corrected chi connectivity index (χ2v) is 8.40. The van der Waals surface area contributed by atoms with Crippen molar-refractivity contribution >= 4 is 39.4 Å². The highest BCUT2D eigenvalue weighted by Gasteiger charge is 2.38. The van der Waals surface area contributed by atoms with Crippen molar-refractivity contribution in [1.82, 2.24) is 15.1 Å². The number of aryl methyl sites for hydroxylation is 3. The first-order valence-corrected chi connectivity index (χ1v) is 11.0. The summed E-state index contributed by atoms with van der Waals surface area (Å²) >= 11 is 0. The standard InChI is InChI=1S/C14H23N3O3S2.C2HF3O2/c1-11-10-12(2)17(16-11)7-3-4-13(18)15-6-9-22-21-8-5-14(19)20;3-2(4,5)1(6)7/h10H,3-9H2,1-2H3,(H,15,18)(H,19,20);(H,6,7). The molecule has 29 heavy (non-hydrogen) atoms. The maximum absolute atomic E-state index is 11.7. The molecule has 0 unspecified atom stereocenters. The van der Waals surface area contributed by atoms with Gasteiger partial charge in [0.05, 0.1) is 12.1 Å². The Labute approximate surface area is 174 Å². The molecule has 8 nitrogen and oxygen atoms in total. The molecule has 0 saturated heterocycles. The van der Waals surface area contributed by atoms with E-state index in [0.29, 0.717) is 18.7 Å². The first-order valence-electron chi connectivity index (χ1n) is 8.47. The van der Waals surface area contributed by atoms with Crippen molar-refractivity contribution in [2.45, 2.75) is 45.8 Å². The Kier molecular flexibility index (Phi) is 13.2. The molecule has 166 valence electrons. The molecule has 1 aromatic heterocycles. The highest BCUT2D eigenvalue weighted by molar-refractivity contribution is 8.76. The molecule has 0 saturated carbocycles. The van der Waals surface area contributed by atoms with Crippen LogP contribution in [-0.2, 0) is 20.9 Å². The molecule has 1 amide bonds. The van der Waals surface area contributed by atoms with E-state index in [-0.39, 0.29) is 12.3 Å². The monoisotopic (exact) mass is 459 g/mol. The van der Waals surface area contributed by atoms with E-state index >= 15 is 0 Å². The van der Waals surface area contributed by atoms with Gasteiger partial charge in [-0.2, -0.15) is 18.3 Å². The average Bonchev–Trinajstić information content (AvgIpc) is 2.91. The zero-order valence-electron chi connectivity index (χ0n) is 16.0. The molecule has 1 rings (SSSR count). The van der Waals surface area contributed by atoms with Crippen molar-refractivity contribution in [3.05, 3.63) is 17.5 Å². The number of amides is 1. The fourth-order valence-corrected chi connectivity index (χ4v) is 3.74. The molecule has 3 N–H and O–H groups in total. The molecule has 0 aliphatic rings. The lowest BCUT2D eigenvalue weighted by Crippen LogP contribution is -2.25. The van der Waals surface area contributed by atoms with E-state index in [1.807, 2.05) is 24.6 Å². The molecule has 0 atom stereocenters. The summed E-state index contributed by atoms with van der Waals surface area (Å²) in [6, 6.07) is 2.03. The number of carboxylic acids is 2. The van der Waals surface area contributed by atoms with Crippen LogP contribution in [0.25, 0.3) is 0 Å². The minimum absolute atomic E-state index is 0.0534. The van der Waals surface area contributed by atoms with Crippen molar-refractivity contribution in [2.24, 2.45) is 0 Å². The molecular formula is C16H24F3N3O5S2. The Morgan fingerprint density at radius 1 is 1.14 bits per heavy atom. The number of nitrogens with zero attached hydrogens (tertiary/aromatic N) is 2. The second-order valence-electron chi connectivity index (χ2n) is 5.69. The van der Waals surface area contributed by atoms with Gasteiger partial charge in [-0.25, -0.2) is 4.79 Å². The summed E-state index contributed by atoms with van der Waals surface area (Å²) < 4.78 is 33.7. The van der Waals surface area contributed by atoms with E-state index in [9.17, 15) is 22.8 Å². The summed E-state index contributed by atoms with van der Waals surface area (Å²) in [7, 11) is 3.11. The molecule has 0 spiro atoms. The van der Waals surface area contributed by atoms with Crippen molar-refractivity contribution < 1.29 is 37.8 Å². The van der Waals surface area contributed by atoms with Gasteiger partial charge in [-0.15, -0.1) is 0 Å². The number of rotatable bonds is 11. The lowest BCUT2D eigenvalue weighted by molar-refractivity contribution is -0.192. The largest absolute Gasteiger partial charge is 0.490 e. The van der Waals surface area contributed by atoms with Crippen molar-refractivity contribution in [2.75, 3.05) is 18.1 Å². The molecule has 0 bridgehead atoms. The molecule has 0 aliphatic heterocycles. The molecule has 0 aliphatic carbocycles. The van der Waals surface area contributed by atoms with Crippen LogP contribution in [0.15, 0.2) is 6.07 Å². The van der Waals surface area contributed by atoms with E-state index in [4.69, 9.17) is 15.0 Å². The Morgan fingerprint density at radius 3 is 2.21 bits per heavy atom. The van der Waals surface area contributed by atoms with Gasteiger partial charge in [-0.1, -0.05) is 21.6 Å². The molecule has 13 heteroatoms. The number of nitrogens with one attached hydrogen (secondary N) is 1. The van der Waals surface area contributed by atoms with Crippen molar-refractivity contribution in [3.8, 4) is 0 Å². The fraction of sp³-hybridized carbons (Fsp3) is 0.625. The average molecular weight is 460 g/mol. The highest BCUT2D eigenvalue weighted by atomic mass is 33.1. The SMILES string of the molecule is Cc1cc(C)n(CCCC(=O)NCCSSCCC(=O)O)n1.O=C(O)C(F)(F)F. The molecule has 0 aromatic carbocycles. The number of hydrogen-bond acceptors (Lipinski definition) is 6. The van der Waals surface area contributed by atoms with Crippen LogP contribution in [0.5, 0.6) is 0 Å². The van der Waals surface area contributed by atoms with E-state index in [1.54, 1.807) is 10.8 Å². The van der Waals surface area contributed by atoms with Crippen LogP contribution in [0.1, 0.15) is 30.7 Å². The fourth-order valence-electron chi connectivity index (χ4n) is 1.86. The normalized spacial score (nSPS) is 10.8. The number of alkyl halides is 3. The second kappa shape index (κ2) is 14.1. The Bertz CT molecular complexity index is 669. The van der Waals surface area contributed by atoms with Gasteiger partial charge < -0.3 is 15.5 Å². The summed E-state index contributed by atoms with van der Waals surface area (Å²) in [6.07, 6.45) is -3.64. The van der Waals surface area contributed by atoms with Gasteiger partial charge in [0.1, 0.15) is 0 Å².